The topological polar surface area (TPSA) is 3.24 Å². The van der Waals surface area contributed by atoms with Crippen molar-refractivity contribution in [2.45, 2.75) is 40.5 Å². The van der Waals surface area contributed by atoms with Crippen molar-refractivity contribution in [2.24, 2.45) is 5.92 Å². The van der Waals surface area contributed by atoms with E-state index in [-0.39, 0.29) is 0 Å². The molecule has 0 atom stereocenters. The Morgan fingerprint density at radius 3 is 1.80 bits per heavy atom. The maximum atomic E-state index is 2.30. The molecule has 0 heterocycles. The van der Waals surface area contributed by atoms with E-state index in [1.807, 2.05) is 0 Å². The average Bonchev–Trinajstić information content (AvgIpc) is 2.34. The Hall–Kier alpha value is -0.560. The molecule has 0 aromatic carbocycles. The molecule has 0 unspecified atom stereocenters. The highest BCUT2D eigenvalue weighted by Gasteiger charge is 2.23. The molecule has 0 aromatic rings. The summed E-state index contributed by atoms with van der Waals surface area (Å²) in [6.45, 7) is 10.3. The largest absolute Gasteiger partial charge is 0.309 e. The first-order valence-electron chi connectivity index (χ1n) is 5.95. The Morgan fingerprint density at radius 2 is 1.40 bits per heavy atom. The normalized spacial score (nSPS) is 18.6. The number of allylic oxidation sites excluding steroid dienone is 4. The quantitative estimate of drug-likeness (QED) is 0.680. The first-order valence-corrected chi connectivity index (χ1v) is 5.95. The van der Waals surface area contributed by atoms with Gasteiger partial charge in [-0.25, -0.2) is 0 Å². The van der Waals surface area contributed by atoms with Gasteiger partial charge in [-0.05, 0) is 72.3 Å². The van der Waals surface area contributed by atoms with Crippen LogP contribution in [0, 0.1) is 5.92 Å². The summed E-state index contributed by atoms with van der Waals surface area (Å²) in [7, 11) is 4.30. The third-order valence-corrected chi connectivity index (χ3v) is 3.89. The number of hydrogen-bond acceptors (Lipinski definition) is 1. The van der Waals surface area contributed by atoms with Crippen molar-refractivity contribution in [3.05, 3.63) is 22.3 Å². The van der Waals surface area contributed by atoms with Crippen molar-refractivity contribution >= 4 is 0 Å². The first kappa shape index (κ1) is 12.5. The highest BCUT2D eigenvalue weighted by molar-refractivity contribution is 5.46. The summed E-state index contributed by atoms with van der Waals surface area (Å²) in [5.41, 5.74) is 6.26. The maximum absolute atomic E-state index is 2.30. The minimum Gasteiger partial charge on any atom is -0.309 e. The van der Waals surface area contributed by atoms with Crippen LogP contribution in [0.4, 0.5) is 0 Å². The summed E-state index contributed by atoms with van der Waals surface area (Å²) < 4.78 is 0. The fourth-order valence-corrected chi connectivity index (χ4v) is 2.48. The molecule has 1 nitrogen and oxygen atoms in total. The van der Waals surface area contributed by atoms with E-state index in [0.29, 0.717) is 0 Å². The van der Waals surface area contributed by atoms with Gasteiger partial charge in [0.1, 0.15) is 0 Å². The van der Waals surface area contributed by atoms with E-state index in [4.69, 9.17) is 0 Å². The molecule has 0 saturated heterocycles. The second kappa shape index (κ2) is 4.98. The van der Waals surface area contributed by atoms with Crippen molar-refractivity contribution in [3.8, 4) is 0 Å². The summed E-state index contributed by atoms with van der Waals surface area (Å²) in [5.74, 6) is 0.727. The van der Waals surface area contributed by atoms with Gasteiger partial charge in [-0.3, -0.25) is 0 Å². The Balaban J connectivity index is 2.57. The van der Waals surface area contributed by atoms with E-state index in [1.54, 1.807) is 11.1 Å². The van der Waals surface area contributed by atoms with E-state index >= 15 is 0 Å². The van der Waals surface area contributed by atoms with Crippen LogP contribution in [0.3, 0.4) is 0 Å². The van der Waals surface area contributed by atoms with Crippen molar-refractivity contribution in [3.63, 3.8) is 0 Å². The maximum Gasteiger partial charge on any atom is 0.00135 e. The fraction of sp³-hybridized carbons (Fsp3) is 0.714. The SMILES string of the molecule is CC1=C(C)C(CCCN(C)C)C(C)=C1C. The van der Waals surface area contributed by atoms with E-state index in [1.165, 1.54) is 30.5 Å². The molecule has 0 amide bonds. The highest BCUT2D eigenvalue weighted by atomic mass is 15.0. The molecule has 1 aliphatic carbocycles. The number of rotatable bonds is 4. The van der Waals surface area contributed by atoms with Gasteiger partial charge in [-0.1, -0.05) is 11.1 Å². The molecule has 86 valence electrons. The van der Waals surface area contributed by atoms with Gasteiger partial charge in [0.25, 0.3) is 0 Å². The Bertz CT molecular complexity index is 270. The lowest BCUT2D eigenvalue weighted by Crippen LogP contribution is -2.14. The molecule has 1 heteroatoms. The van der Waals surface area contributed by atoms with Gasteiger partial charge in [0.15, 0.2) is 0 Å². The minimum atomic E-state index is 0.727. The van der Waals surface area contributed by atoms with Crippen LogP contribution in [-0.4, -0.2) is 25.5 Å². The molecule has 0 N–H and O–H groups in total. The van der Waals surface area contributed by atoms with Crippen LogP contribution >= 0.6 is 0 Å². The molecule has 0 fully saturated rings. The van der Waals surface area contributed by atoms with Crippen molar-refractivity contribution in [2.75, 3.05) is 20.6 Å². The monoisotopic (exact) mass is 207 g/mol. The molecule has 0 aromatic heterocycles. The number of hydrogen-bond donors (Lipinski definition) is 0. The van der Waals surface area contributed by atoms with E-state index in [2.05, 4.69) is 46.7 Å². The molecule has 1 aliphatic rings. The van der Waals surface area contributed by atoms with Crippen molar-refractivity contribution in [1.29, 1.82) is 0 Å². The summed E-state index contributed by atoms with van der Waals surface area (Å²) in [5, 5.41) is 0. The molecular formula is C14H25N. The summed E-state index contributed by atoms with van der Waals surface area (Å²) >= 11 is 0. The van der Waals surface area contributed by atoms with Crippen LogP contribution in [0.2, 0.25) is 0 Å². The molecule has 1 rings (SSSR count). The van der Waals surface area contributed by atoms with Gasteiger partial charge in [-0.2, -0.15) is 0 Å². The van der Waals surface area contributed by atoms with Crippen LogP contribution in [0.15, 0.2) is 22.3 Å². The van der Waals surface area contributed by atoms with Gasteiger partial charge in [0.05, 0.1) is 0 Å². The molecule has 0 bridgehead atoms. The van der Waals surface area contributed by atoms with Crippen molar-refractivity contribution in [1.82, 2.24) is 4.90 Å². The first-order chi connectivity index (χ1) is 6.95. The zero-order valence-corrected chi connectivity index (χ0v) is 11.1. The van der Waals surface area contributed by atoms with Gasteiger partial charge in [-0.15, -0.1) is 0 Å². The summed E-state index contributed by atoms with van der Waals surface area (Å²) in [4.78, 5) is 2.27. The second-order valence-electron chi connectivity index (χ2n) is 5.11. The number of nitrogens with zero attached hydrogens (tertiary/aromatic N) is 1. The lowest BCUT2D eigenvalue weighted by molar-refractivity contribution is 0.385. The van der Waals surface area contributed by atoms with Crippen LogP contribution in [0.1, 0.15) is 40.5 Å². The zero-order chi connectivity index (χ0) is 11.6. The van der Waals surface area contributed by atoms with E-state index in [0.717, 1.165) is 5.92 Å². The minimum absolute atomic E-state index is 0.727. The van der Waals surface area contributed by atoms with Crippen molar-refractivity contribution < 1.29 is 0 Å². The molecular weight excluding hydrogens is 182 g/mol. The molecule has 15 heavy (non-hydrogen) atoms. The molecule has 0 saturated carbocycles. The second-order valence-corrected chi connectivity index (χ2v) is 5.11. The van der Waals surface area contributed by atoms with Gasteiger partial charge in [0.2, 0.25) is 0 Å². The van der Waals surface area contributed by atoms with Crippen LogP contribution in [0.25, 0.3) is 0 Å². The third kappa shape index (κ3) is 2.72. The zero-order valence-electron chi connectivity index (χ0n) is 11.1. The Labute approximate surface area is 94.9 Å². The van der Waals surface area contributed by atoms with Gasteiger partial charge >= 0.3 is 0 Å². The van der Waals surface area contributed by atoms with Crippen LogP contribution in [0.5, 0.6) is 0 Å². The van der Waals surface area contributed by atoms with Crippen LogP contribution < -0.4 is 0 Å². The standard InChI is InChI=1S/C14H25N/c1-10-11(2)13(4)14(12(10)3)8-7-9-15(5)6/h14H,7-9H2,1-6H3. The lowest BCUT2D eigenvalue weighted by atomic mass is 9.92. The fourth-order valence-electron chi connectivity index (χ4n) is 2.48. The van der Waals surface area contributed by atoms with E-state index in [9.17, 15) is 0 Å². The van der Waals surface area contributed by atoms with Gasteiger partial charge in [0, 0.05) is 5.92 Å². The smallest absolute Gasteiger partial charge is 0.00135 e. The summed E-state index contributed by atoms with van der Waals surface area (Å²) in [6.07, 6.45) is 2.61. The average molecular weight is 207 g/mol. The molecule has 0 spiro atoms. The van der Waals surface area contributed by atoms with Gasteiger partial charge < -0.3 is 4.90 Å². The highest BCUT2D eigenvalue weighted by Crippen LogP contribution is 2.38. The molecule has 0 radical (unpaired) electrons. The summed E-state index contributed by atoms with van der Waals surface area (Å²) in [6, 6.07) is 0. The third-order valence-electron chi connectivity index (χ3n) is 3.89. The van der Waals surface area contributed by atoms with E-state index < -0.39 is 0 Å². The Kier molecular flexibility index (Phi) is 4.15. The predicted molar refractivity (Wildman–Crippen MR) is 68.0 cm³/mol. The predicted octanol–water partition coefficient (Wildman–Crippen LogP) is 3.63. The van der Waals surface area contributed by atoms with Crippen LogP contribution in [-0.2, 0) is 0 Å². The lowest BCUT2D eigenvalue weighted by Gasteiger charge is -2.16. The Morgan fingerprint density at radius 1 is 0.933 bits per heavy atom. The molecule has 0 aliphatic heterocycles.